The Hall–Kier alpha value is -2.36. The molecule has 0 aliphatic carbocycles. The van der Waals surface area contributed by atoms with Gasteiger partial charge < -0.3 is 10.6 Å². The van der Waals surface area contributed by atoms with Gasteiger partial charge in [-0.1, -0.05) is 18.2 Å². The molecule has 1 aliphatic heterocycles. The Morgan fingerprint density at radius 3 is 2.78 bits per heavy atom. The number of nitrogens with two attached hydrogens (primary N) is 1. The first-order valence-electron chi connectivity index (χ1n) is 5.92. The Kier molecular flexibility index (Phi) is 2.48. The summed E-state index contributed by atoms with van der Waals surface area (Å²) in [5, 5.41) is 7.61. The summed E-state index contributed by atoms with van der Waals surface area (Å²) in [7, 11) is 0. The number of para-hydroxylation sites is 1. The van der Waals surface area contributed by atoms with Gasteiger partial charge in [-0.05, 0) is 30.2 Å². The lowest BCUT2D eigenvalue weighted by molar-refractivity contribution is 0.989. The third-order valence-corrected chi connectivity index (χ3v) is 3.22. The molecule has 0 bridgehead atoms. The van der Waals surface area contributed by atoms with Crippen molar-refractivity contribution in [1.82, 2.24) is 4.98 Å². The topological polar surface area (TPSA) is 66.0 Å². The van der Waals surface area contributed by atoms with Crippen molar-refractivity contribution in [2.45, 2.75) is 6.42 Å². The molecule has 0 atom stereocenters. The molecule has 18 heavy (non-hydrogen) atoms. The Morgan fingerprint density at radius 1 is 1.17 bits per heavy atom. The van der Waals surface area contributed by atoms with Crippen LogP contribution in [0.25, 0.3) is 0 Å². The third kappa shape index (κ3) is 1.62. The molecule has 1 aliphatic rings. The minimum atomic E-state index is 0.00924. The first-order chi connectivity index (χ1) is 8.77. The van der Waals surface area contributed by atoms with Gasteiger partial charge in [-0.15, -0.1) is 0 Å². The molecule has 1 aromatic carbocycles. The molecule has 0 saturated heterocycles. The normalized spacial score (nSPS) is 13.4. The van der Waals surface area contributed by atoms with Crippen LogP contribution in [0, 0.1) is 5.41 Å². The highest BCUT2D eigenvalue weighted by Gasteiger charge is 2.22. The van der Waals surface area contributed by atoms with Gasteiger partial charge in [-0.3, -0.25) is 10.4 Å². The van der Waals surface area contributed by atoms with E-state index in [-0.39, 0.29) is 5.84 Å². The van der Waals surface area contributed by atoms with E-state index in [2.05, 4.69) is 28.1 Å². The summed E-state index contributed by atoms with van der Waals surface area (Å²) in [4.78, 5) is 6.38. The summed E-state index contributed by atoms with van der Waals surface area (Å²) < 4.78 is 0. The molecule has 0 fully saturated rings. The van der Waals surface area contributed by atoms with Crippen molar-refractivity contribution in [2.75, 3.05) is 11.4 Å². The van der Waals surface area contributed by atoms with E-state index in [4.69, 9.17) is 11.1 Å². The summed E-state index contributed by atoms with van der Waals surface area (Å²) in [6.07, 6.45) is 2.69. The molecule has 0 radical (unpaired) electrons. The summed E-state index contributed by atoms with van der Waals surface area (Å²) in [5.41, 5.74) is 9.58. The van der Waals surface area contributed by atoms with E-state index in [0.29, 0.717) is 5.69 Å². The number of nitrogen functional groups attached to an aromatic ring is 1. The van der Waals surface area contributed by atoms with Gasteiger partial charge in [-0.25, -0.2) is 0 Å². The maximum atomic E-state index is 7.61. The van der Waals surface area contributed by atoms with E-state index in [1.807, 2.05) is 18.2 Å². The summed E-state index contributed by atoms with van der Waals surface area (Å²) >= 11 is 0. The van der Waals surface area contributed by atoms with Crippen molar-refractivity contribution < 1.29 is 0 Å². The van der Waals surface area contributed by atoms with Crippen LogP contribution in [-0.4, -0.2) is 17.4 Å². The van der Waals surface area contributed by atoms with Crippen LogP contribution in [-0.2, 0) is 6.42 Å². The second-order valence-corrected chi connectivity index (χ2v) is 4.32. The van der Waals surface area contributed by atoms with Crippen molar-refractivity contribution in [1.29, 1.82) is 5.41 Å². The molecule has 3 rings (SSSR count). The molecule has 2 aromatic rings. The fourth-order valence-electron chi connectivity index (χ4n) is 2.41. The molecule has 3 N–H and O–H groups in total. The zero-order valence-electron chi connectivity index (χ0n) is 9.93. The van der Waals surface area contributed by atoms with Crippen molar-refractivity contribution in [3.63, 3.8) is 0 Å². The van der Waals surface area contributed by atoms with E-state index >= 15 is 0 Å². The number of hydrogen-bond acceptors (Lipinski definition) is 3. The lowest BCUT2D eigenvalue weighted by Crippen LogP contribution is -2.21. The molecule has 4 nitrogen and oxygen atoms in total. The van der Waals surface area contributed by atoms with Gasteiger partial charge in [0.2, 0.25) is 0 Å². The van der Waals surface area contributed by atoms with E-state index in [1.54, 1.807) is 6.20 Å². The predicted octanol–water partition coefficient (Wildman–Crippen LogP) is 2.06. The molecule has 0 unspecified atom stereocenters. The van der Waals surface area contributed by atoms with Crippen LogP contribution >= 0.6 is 0 Å². The summed E-state index contributed by atoms with van der Waals surface area (Å²) in [5.74, 6) is 0.00924. The molecule has 0 amide bonds. The minimum absolute atomic E-state index is 0.00924. The number of nitrogens with one attached hydrogen (secondary N) is 1. The Labute approximate surface area is 106 Å². The van der Waals surface area contributed by atoms with Crippen LogP contribution in [0.3, 0.4) is 0 Å². The van der Waals surface area contributed by atoms with Crippen LogP contribution in [0.2, 0.25) is 0 Å². The number of nitrogens with zero attached hydrogens (tertiary/aromatic N) is 2. The average molecular weight is 238 g/mol. The number of amidine groups is 1. The molecule has 90 valence electrons. The van der Waals surface area contributed by atoms with Crippen LogP contribution in [0.15, 0.2) is 42.6 Å². The smallest absolute Gasteiger partial charge is 0.143 e. The number of fused-ring (bicyclic) bond motifs is 1. The van der Waals surface area contributed by atoms with Crippen molar-refractivity contribution in [2.24, 2.45) is 5.73 Å². The number of aromatic nitrogens is 1. The quantitative estimate of drug-likeness (QED) is 0.621. The van der Waals surface area contributed by atoms with Crippen LogP contribution in [0.4, 0.5) is 11.4 Å². The largest absolute Gasteiger partial charge is 0.382 e. The maximum absolute atomic E-state index is 7.61. The fourth-order valence-corrected chi connectivity index (χ4v) is 2.41. The monoisotopic (exact) mass is 238 g/mol. The Balaban J connectivity index is 2.10. The average Bonchev–Trinajstić information content (AvgIpc) is 2.82. The molecule has 0 spiro atoms. The van der Waals surface area contributed by atoms with Crippen LogP contribution in [0.5, 0.6) is 0 Å². The highest BCUT2D eigenvalue weighted by molar-refractivity contribution is 5.99. The Morgan fingerprint density at radius 2 is 1.94 bits per heavy atom. The highest BCUT2D eigenvalue weighted by Crippen LogP contribution is 2.35. The Bertz CT molecular complexity index is 606. The lowest BCUT2D eigenvalue weighted by Gasteiger charge is -2.21. The number of benzene rings is 1. The fraction of sp³-hybridized carbons (Fsp3) is 0.143. The molecular weight excluding hydrogens is 224 g/mol. The summed E-state index contributed by atoms with van der Waals surface area (Å²) in [6, 6.07) is 12.2. The van der Waals surface area contributed by atoms with Crippen molar-refractivity contribution in [3.05, 3.63) is 53.9 Å². The third-order valence-electron chi connectivity index (χ3n) is 3.22. The van der Waals surface area contributed by atoms with Crippen molar-refractivity contribution >= 4 is 17.2 Å². The second-order valence-electron chi connectivity index (χ2n) is 4.32. The van der Waals surface area contributed by atoms with Gasteiger partial charge >= 0.3 is 0 Å². The SMILES string of the molecule is N=C(N)c1ncccc1N1CCc2ccccc21. The number of hydrogen-bond donors (Lipinski definition) is 2. The maximum Gasteiger partial charge on any atom is 0.143 e. The number of anilines is 2. The van der Waals surface area contributed by atoms with E-state index < -0.39 is 0 Å². The number of rotatable bonds is 2. The highest BCUT2D eigenvalue weighted by atomic mass is 15.2. The van der Waals surface area contributed by atoms with E-state index in [9.17, 15) is 0 Å². The molecule has 2 heterocycles. The van der Waals surface area contributed by atoms with Gasteiger partial charge in [0, 0.05) is 18.4 Å². The second kappa shape index (κ2) is 4.14. The molecular formula is C14H14N4. The van der Waals surface area contributed by atoms with Gasteiger partial charge in [0.1, 0.15) is 11.5 Å². The summed E-state index contributed by atoms with van der Waals surface area (Å²) in [6.45, 7) is 0.908. The first-order valence-corrected chi connectivity index (χ1v) is 5.92. The standard InChI is InChI=1S/C14H14N4/c15-14(16)13-12(6-3-8-17-13)18-9-7-10-4-1-2-5-11(10)18/h1-6,8H,7,9H2,(H3,15,16). The van der Waals surface area contributed by atoms with Gasteiger partial charge in [0.25, 0.3) is 0 Å². The van der Waals surface area contributed by atoms with Crippen LogP contribution in [0.1, 0.15) is 11.3 Å². The van der Waals surface area contributed by atoms with E-state index in [0.717, 1.165) is 18.7 Å². The molecule has 4 heteroatoms. The van der Waals surface area contributed by atoms with Crippen molar-refractivity contribution in [3.8, 4) is 0 Å². The predicted molar refractivity (Wildman–Crippen MR) is 72.4 cm³/mol. The number of pyridine rings is 1. The zero-order chi connectivity index (χ0) is 12.5. The van der Waals surface area contributed by atoms with Gasteiger partial charge in [0.05, 0.1) is 5.69 Å². The first kappa shape index (κ1) is 10.8. The minimum Gasteiger partial charge on any atom is -0.382 e. The lowest BCUT2D eigenvalue weighted by atomic mass is 10.2. The molecule has 0 saturated carbocycles. The molecule has 1 aromatic heterocycles. The van der Waals surface area contributed by atoms with Gasteiger partial charge in [0.15, 0.2) is 0 Å². The zero-order valence-corrected chi connectivity index (χ0v) is 9.93. The van der Waals surface area contributed by atoms with Gasteiger partial charge in [-0.2, -0.15) is 0 Å². The van der Waals surface area contributed by atoms with Crippen LogP contribution < -0.4 is 10.6 Å². The van der Waals surface area contributed by atoms with E-state index in [1.165, 1.54) is 11.3 Å².